The second kappa shape index (κ2) is 15.9. The van der Waals surface area contributed by atoms with Crippen molar-refractivity contribution in [2.75, 3.05) is 0 Å². The Bertz CT molecular complexity index is 1210. The summed E-state index contributed by atoms with van der Waals surface area (Å²) in [5.74, 6) is 0. The summed E-state index contributed by atoms with van der Waals surface area (Å²) >= 11 is 0. The maximum absolute atomic E-state index is 13.8. The zero-order valence-corrected chi connectivity index (χ0v) is 25.9. The first-order chi connectivity index (χ1) is 20.2. The molecule has 8 nitrogen and oxygen atoms in total. The van der Waals surface area contributed by atoms with Gasteiger partial charge in [-0.25, -0.2) is 4.57 Å². The van der Waals surface area contributed by atoms with Crippen LogP contribution < -0.4 is 0 Å². The molecule has 3 aromatic rings. The van der Waals surface area contributed by atoms with E-state index in [1.165, 1.54) is 0 Å². The molecule has 42 heavy (non-hydrogen) atoms. The van der Waals surface area contributed by atoms with Crippen molar-refractivity contribution in [2.45, 2.75) is 97.4 Å². The van der Waals surface area contributed by atoms with Gasteiger partial charge in [-0.05, 0) is 51.3 Å². The highest BCUT2D eigenvalue weighted by Crippen LogP contribution is 2.54. The van der Waals surface area contributed by atoms with Gasteiger partial charge in [-0.1, -0.05) is 91.0 Å². The van der Waals surface area contributed by atoms with E-state index in [4.69, 9.17) is 32.5 Å². The number of phosphoric ester groups is 1. The average Bonchev–Trinajstić information content (AvgIpc) is 2.95. The number of hydrogen-bond acceptors (Lipinski definition) is 8. The second-order valence-corrected chi connectivity index (χ2v) is 12.4. The molecule has 0 aliphatic carbocycles. The van der Waals surface area contributed by atoms with Crippen LogP contribution in [0, 0.1) is 0 Å². The lowest BCUT2D eigenvalue weighted by Gasteiger charge is -2.45. The summed E-state index contributed by atoms with van der Waals surface area (Å²) in [6, 6.07) is 29.6. The number of benzene rings is 3. The molecule has 5 atom stereocenters. The highest BCUT2D eigenvalue weighted by atomic mass is 31.2. The quantitative estimate of drug-likeness (QED) is 0.167. The normalized spacial score (nSPS) is 23.0. The third-order valence-electron chi connectivity index (χ3n) is 6.50. The Balaban J connectivity index is 1.65. The molecule has 0 radical (unpaired) electrons. The van der Waals surface area contributed by atoms with Gasteiger partial charge in [0.05, 0.1) is 38.1 Å². The molecule has 0 unspecified atom stereocenters. The van der Waals surface area contributed by atoms with E-state index < -0.39 is 50.7 Å². The molecule has 3 aromatic carbocycles. The van der Waals surface area contributed by atoms with Crippen molar-refractivity contribution in [3.63, 3.8) is 0 Å². The van der Waals surface area contributed by atoms with Crippen LogP contribution in [0.3, 0.4) is 0 Å². The number of phosphoric acid groups is 1. The summed E-state index contributed by atoms with van der Waals surface area (Å²) in [6.07, 6.45) is -4.43. The fourth-order valence-corrected chi connectivity index (χ4v) is 6.28. The predicted molar refractivity (Wildman–Crippen MR) is 161 cm³/mol. The molecule has 0 amide bonds. The summed E-state index contributed by atoms with van der Waals surface area (Å²) < 4.78 is 57.2. The van der Waals surface area contributed by atoms with Gasteiger partial charge in [0.25, 0.3) is 0 Å². The summed E-state index contributed by atoms with van der Waals surface area (Å²) in [4.78, 5) is 0. The summed E-state index contributed by atoms with van der Waals surface area (Å²) in [6.45, 7) is 9.88. The number of ether oxygens (including phenoxy) is 4. The van der Waals surface area contributed by atoms with E-state index in [1.807, 2.05) is 97.9 Å². The lowest BCUT2D eigenvalue weighted by molar-refractivity contribution is -0.304. The fourth-order valence-electron chi connectivity index (χ4n) is 4.67. The minimum atomic E-state index is -4.05. The Morgan fingerprint density at radius 3 is 1.40 bits per heavy atom. The topological polar surface area (TPSA) is 81.7 Å². The molecule has 0 saturated carbocycles. The molecule has 228 valence electrons. The third kappa shape index (κ3) is 9.83. The molecule has 4 rings (SSSR count). The predicted octanol–water partition coefficient (Wildman–Crippen LogP) is 7.46. The summed E-state index contributed by atoms with van der Waals surface area (Å²) in [5.41, 5.74) is 2.97. The molecular weight excluding hydrogens is 555 g/mol. The van der Waals surface area contributed by atoms with E-state index in [1.54, 1.807) is 27.7 Å². The van der Waals surface area contributed by atoms with E-state index >= 15 is 0 Å². The average molecular weight is 599 g/mol. The van der Waals surface area contributed by atoms with Gasteiger partial charge >= 0.3 is 7.82 Å². The van der Waals surface area contributed by atoms with Crippen molar-refractivity contribution in [3.8, 4) is 0 Å². The molecular formula is C33H43O8P. The van der Waals surface area contributed by atoms with Gasteiger partial charge in [0, 0.05) is 0 Å². The smallest absolute Gasteiger partial charge is 0.368 e. The number of rotatable bonds is 15. The molecule has 1 heterocycles. The fraction of sp³-hybridized carbons (Fsp3) is 0.455. The minimum Gasteiger partial charge on any atom is -0.368 e. The molecule has 1 aliphatic heterocycles. The van der Waals surface area contributed by atoms with Crippen LogP contribution in [0.4, 0.5) is 0 Å². The lowest BCUT2D eigenvalue weighted by atomic mass is 9.98. The van der Waals surface area contributed by atoms with Gasteiger partial charge in [0.2, 0.25) is 0 Å². The molecule has 1 saturated heterocycles. The molecule has 0 bridgehead atoms. The number of hydrogen-bond donors (Lipinski definition) is 0. The Morgan fingerprint density at radius 2 is 1.00 bits per heavy atom. The van der Waals surface area contributed by atoms with Gasteiger partial charge in [-0.2, -0.15) is 0 Å². The van der Waals surface area contributed by atoms with E-state index in [0.717, 1.165) is 16.7 Å². The molecule has 0 spiro atoms. The van der Waals surface area contributed by atoms with Crippen molar-refractivity contribution >= 4 is 7.82 Å². The largest absolute Gasteiger partial charge is 0.477 e. The highest BCUT2D eigenvalue weighted by molar-refractivity contribution is 7.48. The van der Waals surface area contributed by atoms with Crippen molar-refractivity contribution in [1.82, 2.24) is 0 Å². The zero-order chi connectivity index (χ0) is 30.0. The summed E-state index contributed by atoms with van der Waals surface area (Å²) in [5, 5.41) is 0. The highest BCUT2D eigenvalue weighted by Gasteiger charge is 2.50. The van der Waals surface area contributed by atoms with Crippen molar-refractivity contribution in [3.05, 3.63) is 108 Å². The van der Waals surface area contributed by atoms with E-state index in [0.29, 0.717) is 13.2 Å². The Labute approximate surface area is 249 Å². The SMILES string of the molecule is CC(C)OP(=O)(OC(C)C)O[C@@H]1O[C@@H](C)[C@H](OCc2ccccc2)[C@@H](OCc2ccccc2)[C@H]1OCc1ccccc1. The van der Waals surface area contributed by atoms with Crippen LogP contribution in [0.5, 0.6) is 0 Å². The maximum atomic E-state index is 13.8. The van der Waals surface area contributed by atoms with Crippen LogP contribution in [0.15, 0.2) is 91.0 Å². The first-order valence-electron chi connectivity index (χ1n) is 14.5. The van der Waals surface area contributed by atoms with Gasteiger partial charge < -0.3 is 18.9 Å². The van der Waals surface area contributed by atoms with Crippen LogP contribution in [0.1, 0.15) is 51.3 Å². The minimum absolute atomic E-state index is 0.250. The molecule has 0 aromatic heterocycles. The van der Waals surface area contributed by atoms with Crippen molar-refractivity contribution in [2.24, 2.45) is 0 Å². The van der Waals surface area contributed by atoms with Gasteiger partial charge in [-0.15, -0.1) is 0 Å². The van der Waals surface area contributed by atoms with Gasteiger partial charge in [0.15, 0.2) is 6.29 Å². The third-order valence-corrected chi connectivity index (χ3v) is 8.32. The molecule has 9 heteroatoms. The van der Waals surface area contributed by atoms with Crippen LogP contribution in [-0.4, -0.2) is 42.9 Å². The molecule has 1 fully saturated rings. The van der Waals surface area contributed by atoms with Crippen LogP contribution in [0.2, 0.25) is 0 Å². The first kappa shape index (κ1) is 32.5. The van der Waals surface area contributed by atoms with E-state index in [9.17, 15) is 4.57 Å². The van der Waals surface area contributed by atoms with Gasteiger partial charge in [-0.3, -0.25) is 13.6 Å². The van der Waals surface area contributed by atoms with Crippen LogP contribution in [0.25, 0.3) is 0 Å². The second-order valence-electron chi connectivity index (χ2n) is 10.9. The van der Waals surface area contributed by atoms with Crippen molar-refractivity contribution in [1.29, 1.82) is 0 Å². The molecule has 0 N–H and O–H groups in total. The van der Waals surface area contributed by atoms with Gasteiger partial charge in [0.1, 0.15) is 18.3 Å². The standard InChI is InChI=1S/C33H43O8P/c1-24(2)39-42(34,40-25(3)4)41-33-32(37-23-29-19-13-8-14-20-29)31(36-22-28-17-11-7-12-18-28)30(26(5)38-33)35-21-27-15-9-6-10-16-27/h6-20,24-26,30-33H,21-23H2,1-5H3/t26-,30-,31+,32+,33-/m0/s1. The van der Waals surface area contributed by atoms with Crippen molar-refractivity contribution < 1.29 is 37.1 Å². The Morgan fingerprint density at radius 1 is 0.619 bits per heavy atom. The summed E-state index contributed by atoms with van der Waals surface area (Å²) in [7, 11) is -4.05. The first-order valence-corrected chi connectivity index (χ1v) is 16.0. The van der Waals surface area contributed by atoms with Crippen LogP contribution >= 0.6 is 7.82 Å². The van der Waals surface area contributed by atoms with E-state index in [2.05, 4.69) is 0 Å². The van der Waals surface area contributed by atoms with Crippen LogP contribution in [-0.2, 0) is 56.9 Å². The zero-order valence-electron chi connectivity index (χ0n) is 25.0. The van der Waals surface area contributed by atoms with E-state index in [-0.39, 0.29) is 6.61 Å². The Hall–Kier alpha value is -2.39. The Kier molecular flexibility index (Phi) is 12.3. The lowest BCUT2D eigenvalue weighted by Crippen LogP contribution is -2.59. The monoisotopic (exact) mass is 598 g/mol. The maximum Gasteiger partial charge on any atom is 0.477 e. The molecule has 1 aliphatic rings.